The molecule has 0 rings (SSSR count). The van der Waals surface area contributed by atoms with E-state index in [-0.39, 0.29) is 5.92 Å². The van der Waals surface area contributed by atoms with Crippen LogP contribution in [-0.4, -0.2) is 24.3 Å². The maximum absolute atomic E-state index is 11.4. The third-order valence-corrected chi connectivity index (χ3v) is 2.14. The van der Waals surface area contributed by atoms with Crippen molar-refractivity contribution in [3.8, 4) is 0 Å². The third-order valence-electron chi connectivity index (χ3n) is 2.14. The SMILES string of the molecule is CC[C@H](C)[C@H](N)C(=O)O[C@@H](C)OC(C)=O. The first kappa shape index (κ1) is 13.9. The largest absolute Gasteiger partial charge is 0.426 e. The van der Waals surface area contributed by atoms with Gasteiger partial charge < -0.3 is 15.2 Å². The summed E-state index contributed by atoms with van der Waals surface area (Å²) in [5.74, 6) is -0.993. The Hall–Kier alpha value is -1.10. The highest BCUT2D eigenvalue weighted by Gasteiger charge is 2.23. The van der Waals surface area contributed by atoms with Gasteiger partial charge in [-0.3, -0.25) is 9.59 Å². The smallest absolute Gasteiger partial charge is 0.326 e. The van der Waals surface area contributed by atoms with E-state index in [9.17, 15) is 9.59 Å². The van der Waals surface area contributed by atoms with E-state index in [0.717, 1.165) is 6.42 Å². The van der Waals surface area contributed by atoms with Crippen molar-refractivity contribution in [3.63, 3.8) is 0 Å². The van der Waals surface area contributed by atoms with E-state index in [1.54, 1.807) is 0 Å². The van der Waals surface area contributed by atoms with Crippen LogP contribution in [0, 0.1) is 5.92 Å². The highest BCUT2D eigenvalue weighted by molar-refractivity contribution is 5.76. The molecule has 0 aromatic rings. The fraction of sp³-hybridized carbons (Fsp3) is 0.800. The van der Waals surface area contributed by atoms with Gasteiger partial charge in [0.25, 0.3) is 0 Å². The molecule has 0 aromatic carbocycles. The Morgan fingerprint density at radius 2 is 1.80 bits per heavy atom. The lowest BCUT2D eigenvalue weighted by Crippen LogP contribution is -2.40. The van der Waals surface area contributed by atoms with Crippen LogP contribution in [0.25, 0.3) is 0 Å². The summed E-state index contributed by atoms with van der Waals surface area (Å²) in [6, 6.07) is -0.673. The Labute approximate surface area is 89.9 Å². The maximum atomic E-state index is 11.4. The molecule has 5 nitrogen and oxygen atoms in total. The first-order valence-electron chi connectivity index (χ1n) is 5.01. The summed E-state index contributed by atoms with van der Waals surface area (Å²) in [6.45, 7) is 6.53. The molecule has 88 valence electrons. The van der Waals surface area contributed by atoms with E-state index in [2.05, 4.69) is 4.74 Å². The van der Waals surface area contributed by atoms with E-state index in [0.29, 0.717) is 0 Å². The lowest BCUT2D eigenvalue weighted by molar-refractivity contribution is -0.184. The molecule has 3 atom stereocenters. The Morgan fingerprint density at radius 3 is 2.20 bits per heavy atom. The molecule has 0 heterocycles. The van der Waals surface area contributed by atoms with Gasteiger partial charge in [0.05, 0.1) is 0 Å². The Kier molecular flexibility index (Phi) is 5.93. The van der Waals surface area contributed by atoms with Gasteiger partial charge in [-0.05, 0) is 5.92 Å². The average molecular weight is 217 g/mol. The van der Waals surface area contributed by atoms with Crippen molar-refractivity contribution in [2.24, 2.45) is 11.7 Å². The summed E-state index contributed by atoms with van der Waals surface area (Å²) in [7, 11) is 0. The van der Waals surface area contributed by atoms with Gasteiger partial charge in [-0.15, -0.1) is 0 Å². The molecule has 0 aliphatic heterocycles. The molecule has 0 aromatic heterocycles. The van der Waals surface area contributed by atoms with Crippen molar-refractivity contribution in [1.29, 1.82) is 0 Å². The van der Waals surface area contributed by atoms with Gasteiger partial charge >= 0.3 is 11.9 Å². The minimum absolute atomic E-state index is 0.0435. The minimum Gasteiger partial charge on any atom is -0.426 e. The van der Waals surface area contributed by atoms with Crippen LogP contribution < -0.4 is 5.73 Å². The average Bonchev–Trinajstić information content (AvgIpc) is 2.13. The Morgan fingerprint density at radius 1 is 1.27 bits per heavy atom. The topological polar surface area (TPSA) is 78.6 Å². The van der Waals surface area contributed by atoms with Gasteiger partial charge in [0.15, 0.2) is 0 Å². The molecular weight excluding hydrogens is 198 g/mol. The maximum Gasteiger partial charge on any atom is 0.326 e. The number of hydrogen-bond donors (Lipinski definition) is 1. The van der Waals surface area contributed by atoms with Crippen LogP contribution in [0.2, 0.25) is 0 Å². The number of ether oxygens (including phenoxy) is 2. The van der Waals surface area contributed by atoms with Crippen molar-refractivity contribution >= 4 is 11.9 Å². The van der Waals surface area contributed by atoms with Crippen molar-refractivity contribution in [2.75, 3.05) is 0 Å². The summed E-state index contributed by atoms with van der Waals surface area (Å²) in [5.41, 5.74) is 5.64. The lowest BCUT2D eigenvalue weighted by Gasteiger charge is -2.19. The zero-order valence-electron chi connectivity index (χ0n) is 9.65. The predicted octanol–water partition coefficient (Wildman–Crippen LogP) is 0.812. The molecule has 0 saturated carbocycles. The number of nitrogens with two attached hydrogens (primary N) is 1. The lowest BCUT2D eigenvalue weighted by atomic mass is 10.0. The minimum atomic E-state index is -0.884. The fourth-order valence-electron chi connectivity index (χ4n) is 0.986. The summed E-state index contributed by atoms with van der Waals surface area (Å²) >= 11 is 0. The third kappa shape index (κ3) is 5.37. The van der Waals surface area contributed by atoms with Gasteiger partial charge in [-0.1, -0.05) is 20.3 Å². The van der Waals surface area contributed by atoms with Gasteiger partial charge in [0.2, 0.25) is 6.29 Å². The van der Waals surface area contributed by atoms with E-state index in [4.69, 9.17) is 10.5 Å². The van der Waals surface area contributed by atoms with Gasteiger partial charge in [0, 0.05) is 13.8 Å². The zero-order valence-corrected chi connectivity index (χ0v) is 9.65. The van der Waals surface area contributed by atoms with Crippen LogP contribution in [0.3, 0.4) is 0 Å². The van der Waals surface area contributed by atoms with Crippen molar-refractivity contribution in [3.05, 3.63) is 0 Å². The molecule has 0 aliphatic carbocycles. The Balaban J connectivity index is 4.06. The van der Waals surface area contributed by atoms with Crippen LogP contribution in [0.5, 0.6) is 0 Å². The van der Waals surface area contributed by atoms with Gasteiger partial charge in [-0.2, -0.15) is 0 Å². The molecule has 0 spiro atoms. The van der Waals surface area contributed by atoms with Crippen LogP contribution in [-0.2, 0) is 19.1 Å². The molecule has 0 radical (unpaired) electrons. The predicted molar refractivity (Wildman–Crippen MR) is 54.8 cm³/mol. The standard InChI is InChI=1S/C10H19NO4/c1-5-6(2)9(11)10(13)15-8(4)14-7(3)12/h6,8-9H,5,11H2,1-4H3/t6-,8-,9-/m0/s1. The van der Waals surface area contributed by atoms with E-state index in [1.165, 1.54) is 13.8 Å². The van der Waals surface area contributed by atoms with E-state index < -0.39 is 24.3 Å². The summed E-state index contributed by atoms with van der Waals surface area (Å²) < 4.78 is 9.49. The number of carbonyl (C=O) groups is 2. The van der Waals surface area contributed by atoms with Crippen molar-refractivity contribution in [1.82, 2.24) is 0 Å². The molecule has 0 bridgehead atoms. The number of esters is 2. The summed E-state index contributed by atoms with van der Waals surface area (Å²) in [4.78, 5) is 21.9. The first-order chi connectivity index (χ1) is 6.88. The Bertz CT molecular complexity index is 229. The van der Waals surface area contributed by atoms with E-state index in [1.807, 2.05) is 13.8 Å². The second-order valence-electron chi connectivity index (χ2n) is 3.53. The highest BCUT2D eigenvalue weighted by atomic mass is 16.7. The number of hydrogen-bond acceptors (Lipinski definition) is 5. The molecule has 0 fully saturated rings. The number of carbonyl (C=O) groups excluding carboxylic acids is 2. The van der Waals surface area contributed by atoms with Crippen molar-refractivity contribution in [2.45, 2.75) is 46.4 Å². The number of rotatable bonds is 5. The fourth-order valence-corrected chi connectivity index (χ4v) is 0.986. The molecule has 0 unspecified atom stereocenters. The van der Waals surface area contributed by atoms with E-state index >= 15 is 0 Å². The summed E-state index contributed by atoms with van der Waals surface area (Å²) in [5, 5.41) is 0. The van der Waals surface area contributed by atoms with Gasteiger partial charge in [-0.25, -0.2) is 0 Å². The molecule has 0 aliphatic rings. The molecular formula is C10H19NO4. The molecule has 0 amide bonds. The molecule has 0 saturated heterocycles. The van der Waals surface area contributed by atoms with Crippen LogP contribution in [0.1, 0.15) is 34.1 Å². The van der Waals surface area contributed by atoms with Gasteiger partial charge in [0.1, 0.15) is 6.04 Å². The van der Waals surface area contributed by atoms with Crippen LogP contribution >= 0.6 is 0 Å². The first-order valence-corrected chi connectivity index (χ1v) is 5.01. The zero-order chi connectivity index (χ0) is 12.0. The quantitative estimate of drug-likeness (QED) is 0.544. The van der Waals surface area contributed by atoms with Crippen molar-refractivity contribution < 1.29 is 19.1 Å². The monoisotopic (exact) mass is 217 g/mol. The van der Waals surface area contributed by atoms with Crippen LogP contribution in [0.4, 0.5) is 0 Å². The summed E-state index contributed by atoms with van der Waals surface area (Å²) in [6.07, 6.45) is -0.0943. The normalized spacial score (nSPS) is 16.3. The molecule has 5 heteroatoms. The highest BCUT2D eigenvalue weighted by Crippen LogP contribution is 2.08. The molecule has 15 heavy (non-hydrogen) atoms. The second-order valence-corrected chi connectivity index (χ2v) is 3.53. The molecule has 2 N–H and O–H groups in total. The second kappa shape index (κ2) is 6.40. The van der Waals surface area contributed by atoms with Crippen LogP contribution in [0.15, 0.2) is 0 Å².